The van der Waals surface area contributed by atoms with E-state index < -0.39 is 0 Å². The lowest BCUT2D eigenvalue weighted by Crippen LogP contribution is -2.05. The molecule has 0 saturated heterocycles. The molecule has 2 aromatic carbocycles. The molecule has 0 spiro atoms. The quantitative estimate of drug-likeness (QED) is 0.788. The first-order chi connectivity index (χ1) is 9.66. The Morgan fingerprint density at radius 1 is 0.850 bits per heavy atom. The molecule has 3 rings (SSSR count). The van der Waals surface area contributed by atoms with Gasteiger partial charge in [0.1, 0.15) is 0 Å². The summed E-state index contributed by atoms with van der Waals surface area (Å²) in [6.07, 6.45) is 0.990. The van der Waals surface area contributed by atoms with Crippen LogP contribution in [0.3, 0.4) is 0 Å². The summed E-state index contributed by atoms with van der Waals surface area (Å²) in [4.78, 5) is 24.3. The van der Waals surface area contributed by atoms with Gasteiger partial charge in [0.15, 0.2) is 11.6 Å². The Bertz CT molecular complexity index is 641. The molecule has 0 bridgehead atoms. The molecule has 0 aliphatic heterocycles. The molecule has 0 heterocycles. The average molecular weight is 264 g/mol. The van der Waals surface area contributed by atoms with Gasteiger partial charge in [-0.05, 0) is 12.3 Å². The van der Waals surface area contributed by atoms with Crippen LogP contribution in [0.2, 0.25) is 0 Å². The molecule has 100 valence electrons. The van der Waals surface area contributed by atoms with Crippen LogP contribution >= 0.6 is 0 Å². The van der Waals surface area contributed by atoms with E-state index in [1.165, 1.54) is 0 Å². The third-order valence-electron chi connectivity index (χ3n) is 3.91. The van der Waals surface area contributed by atoms with E-state index in [2.05, 4.69) is 6.92 Å². The van der Waals surface area contributed by atoms with E-state index in [-0.39, 0.29) is 17.5 Å². The molecule has 2 nitrogen and oxygen atoms in total. The van der Waals surface area contributed by atoms with Gasteiger partial charge in [0.25, 0.3) is 0 Å². The van der Waals surface area contributed by atoms with Crippen molar-refractivity contribution < 1.29 is 9.59 Å². The van der Waals surface area contributed by atoms with Crippen molar-refractivity contribution in [2.45, 2.75) is 13.3 Å². The molecule has 0 aromatic heterocycles. The van der Waals surface area contributed by atoms with Crippen molar-refractivity contribution in [2.24, 2.45) is 11.8 Å². The van der Waals surface area contributed by atoms with Crippen molar-refractivity contribution in [2.75, 3.05) is 0 Å². The van der Waals surface area contributed by atoms with Gasteiger partial charge in [-0.25, -0.2) is 0 Å². The highest BCUT2D eigenvalue weighted by atomic mass is 16.1. The number of benzene rings is 2. The maximum Gasteiger partial charge on any atom is 0.193 e. The van der Waals surface area contributed by atoms with E-state index in [9.17, 15) is 9.59 Å². The normalized spacial score (nSPS) is 20.4. The number of hydrogen-bond acceptors (Lipinski definition) is 2. The lowest BCUT2D eigenvalue weighted by molar-refractivity contribution is 0.0960. The third kappa shape index (κ3) is 2.42. The Morgan fingerprint density at radius 2 is 1.35 bits per heavy atom. The summed E-state index contributed by atoms with van der Waals surface area (Å²) in [7, 11) is 0. The Hall–Kier alpha value is -2.22. The lowest BCUT2D eigenvalue weighted by Gasteiger charge is -2.03. The van der Waals surface area contributed by atoms with Crippen molar-refractivity contribution in [3.8, 4) is 0 Å². The maximum atomic E-state index is 12.2. The van der Waals surface area contributed by atoms with Crippen molar-refractivity contribution in [1.29, 1.82) is 0 Å². The maximum absolute atomic E-state index is 12.2. The zero-order valence-corrected chi connectivity index (χ0v) is 11.4. The number of carbonyl (C=O) groups is 2. The van der Waals surface area contributed by atoms with Crippen LogP contribution in [0.4, 0.5) is 0 Å². The summed E-state index contributed by atoms with van der Waals surface area (Å²) in [5.41, 5.74) is 2.00. The summed E-state index contributed by atoms with van der Waals surface area (Å²) in [5, 5.41) is 0. The zero-order valence-electron chi connectivity index (χ0n) is 11.4. The molecule has 1 aliphatic carbocycles. The van der Waals surface area contributed by atoms with Crippen LogP contribution < -0.4 is 0 Å². The monoisotopic (exact) mass is 264 g/mol. The SMILES string of the molecule is CC1CC1C(=O)c1ccc(C(=O)c2ccccc2)cc1. The standard InChI is InChI=1S/C18H16O2/c1-12-11-16(12)18(20)15-9-7-14(8-10-15)17(19)13-5-3-2-4-6-13/h2-10,12,16H,11H2,1H3. The third-order valence-corrected chi connectivity index (χ3v) is 3.91. The summed E-state index contributed by atoms with van der Waals surface area (Å²) < 4.78 is 0. The van der Waals surface area contributed by atoms with Crippen molar-refractivity contribution >= 4 is 11.6 Å². The van der Waals surface area contributed by atoms with Gasteiger partial charge in [-0.15, -0.1) is 0 Å². The molecule has 2 atom stereocenters. The number of ketones is 2. The molecular formula is C18H16O2. The second-order valence-electron chi connectivity index (χ2n) is 5.46. The summed E-state index contributed by atoms with van der Waals surface area (Å²) in [6.45, 7) is 2.09. The van der Waals surface area contributed by atoms with Gasteiger partial charge < -0.3 is 0 Å². The second-order valence-corrected chi connectivity index (χ2v) is 5.46. The minimum absolute atomic E-state index is 0.00983. The van der Waals surface area contributed by atoms with E-state index in [0.717, 1.165) is 6.42 Å². The Morgan fingerprint density at radius 3 is 1.90 bits per heavy atom. The first-order valence-corrected chi connectivity index (χ1v) is 6.91. The van der Waals surface area contributed by atoms with Gasteiger partial charge in [0.2, 0.25) is 0 Å². The first kappa shape index (κ1) is 12.8. The largest absolute Gasteiger partial charge is 0.294 e. The topological polar surface area (TPSA) is 34.1 Å². The molecular weight excluding hydrogens is 248 g/mol. The molecule has 1 saturated carbocycles. The van der Waals surface area contributed by atoms with Crippen LogP contribution in [0.5, 0.6) is 0 Å². The van der Waals surface area contributed by atoms with E-state index in [4.69, 9.17) is 0 Å². The Labute approximate surface area is 118 Å². The Kier molecular flexibility index (Phi) is 3.23. The summed E-state index contributed by atoms with van der Waals surface area (Å²) in [6, 6.07) is 16.2. The van der Waals surface area contributed by atoms with Gasteiger partial charge in [0, 0.05) is 22.6 Å². The predicted molar refractivity (Wildman–Crippen MR) is 77.9 cm³/mol. The number of carbonyl (C=O) groups excluding carboxylic acids is 2. The van der Waals surface area contributed by atoms with E-state index >= 15 is 0 Å². The zero-order chi connectivity index (χ0) is 14.1. The highest BCUT2D eigenvalue weighted by Crippen LogP contribution is 2.40. The van der Waals surface area contributed by atoms with Crippen LogP contribution in [-0.4, -0.2) is 11.6 Å². The first-order valence-electron chi connectivity index (χ1n) is 6.91. The van der Waals surface area contributed by atoms with Crippen molar-refractivity contribution in [3.05, 3.63) is 71.3 Å². The Balaban J connectivity index is 1.79. The summed E-state index contributed by atoms with van der Waals surface area (Å²) >= 11 is 0. The van der Waals surface area contributed by atoms with E-state index in [0.29, 0.717) is 22.6 Å². The van der Waals surface area contributed by atoms with E-state index in [1.54, 1.807) is 36.4 Å². The molecule has 1 aliphatic rings. The molecule has 0 N–H and O–H groups in total. The minimum atomic E-state index is -0.00983. The molecule has 2 aromatic rings. The number of rotatable bonds is 4. The average Bonchev–Trinajstić information content (AvgIpc) is 3.24. The lowest BCUT2D eigenvalue weighted by atomic mass is 9.99. The number of Topliss-reactive ketones (excluding diaryl/α,β-unsaturated/α-hetero) is 1. The second kappa shape index (κ2) is 5.04. The fraction of sp³-hybridized carbons (Fsp3) is 0.222. The van der Waals surface area contributed by atoms with E-state index in [1.807, 2.05) is 18.2 Å². The predicted octanol–water partition coefficient (Wildman–Crippen LogP) is 3.76. The smallest absolute Gasteiger partial charge is 0.193 e. The summed E-state index contributed by atoms with van der Waals surface area (Å²) in [5.74, 6) is 0.888. The van der Waals surface area contributed by atoms with Crippen molar-refractivity contribution in [3.63, 3.8) is 0 Å². The van der Waals surface area contributed by atoms with Crippen LogP contribution in [0.1, 0.15) is 39.6 Å². The fourth-order valence-electron chi connectivity index (χ4n) is 2.44. The van der Waals surface area contributed by atoms with Crippen LogP contribution in [0.25, 0.3) is 0 Å². The molecule has 2 heteroatoms. The number of hydrogen-bond donors (Lipinski definition) is 0. The minimum Gasteiger partial charge on any atom is -0.294 e. The molecule has 20 heavy (non-hydrogen) atoms. The van der Waals surface area contributed by atoms with Crippen LogP contribution in [0.15, 0.2) is 54.6 Å². The molecule has 1 fully saturated rings. The van der Waals surface area contributed by atoms with Gasteiger partial charge in [0.05, 0.1) is 0 Å². The van der Waals surface area contributed by atoms with Gasteiger partial charge in [-0.3, -0.25) is 9.59 Å². The van der Waals surface area contributed by atoms with Crippen molar-refractivity contribution in [1.82, 2.24) is 0 Å². The highest BCUT2D eigenvalue weighted by molar-refractivity contribution is 6.09. The van der Waals surface area contributed by atoms with Gasteiger partial charge in [-0.1, -0.05) is 61.5 Å². The van der Waals surface area contributed by atoms with Crippen LogP contribution in [0, 0.1) is 11.8 Å². The fourth-order valence-corrected chi connectivity index (χ4v) is 2.44. The molecule has 2 unspecified atom stereocenters. The molecule has 0 amide bonds. The van der Waals surface area contributed by atoms with Gasteiger partial charge in [-0.2, -0.15) is 0 Å². The van der Waals surface area contributed by atoms with Gasteiger partial charge >= 0.3 is 0 Å². The highest BCUT2D eigenvalue weighted by Gasteiger charge is 2.39. The molecule has 0 radical (unpaired) electrons. The van der Waals surface area contributed by atoms with Crippen LogP contribution in [-0.2, 0) is 0 Å².